The average Bonchev–Trinajstić information content (AvgIpc) is 2.94. The summed E-state index contributed by atoms with van der Waals surface area (Å²) in [6, 6.07) is 10.6. The fraction of sp³-hybridized carbons (Fsp3) is 0. The lowest BCUT2D eigenvalue weighted by molar-refractivity contribution is 0.432. The first-order valence-corrected chi connectivity index (χ1v) is 7.44. The van der Waals surface area contributed by atoms with Gasteiger partial charge in [0.05, 0.1) is 21.3 Å². The Bertz CT molecular complexity index is 820. The van der Waals surface area contributed by atoms with Crippen molar-refractivity contribution >= 4 is 44.8 Å². The van der Waals surface area contributed by atoms with Crippen LogP contribution in [-0.4, -0.2) is 10.1 Å². The van der Waals surface area contributed by atoms with Crippen LogP contribution < -0.4 is 5.73 Å². The molecule has 1 heterocycles. The molecular formula is C14H8BrCl2N3O. The predicted molar refractivity (Wildman–Crippen MR) is 87.3 cm³/mol. The molecule has 2 aromatic carbocycles. The van der Waals surface area contributed by atoms with Crippen molar-refractivity contribution in [3.63, 3.8) is 0 Å². The first-order chi connectivity index (χ1) is 10.1. The molecule has 0 fully saturated rings. The van der Waals surface area contributed by atoms with Crippen molar-refractivity contribution in [1.82, 2.24) is 10.1 Å². The standard InChI is InChI=1S/C14H8BrCl2N3O/c15-9-6-7(4-5-10(9)16)13-19-14(21-20-13)8-2-1-3-11(17)12(8)18/h1-6H,18H2. The van der Waals surface area contributed by atoms with Crippen molar-refractivity contribution in [2.45, 2.75) is 0 Å². The van der Waals surface area contributed by atoms with Crippen LogP contribution >= 0.6 is 39.1 Å². The fourth-order valence-corrected chi connectivity index (χ4v) is 2.48. The molecule has 0 atom stereocenters. The van der Waals surface area contributed by atoms with Gasteiger partial charge in [-0.1, -0.05) is 34.4 Å². The van der Waals surface area contributed by atoms with Crippen molar-refractivity contribution in [1.29, 1.82) is 0 Å². The number of rotatable bonds is 2. The van der Waals surface area contributed by atoms with Gasteiger partial charge in [0, 0.05) is 10.0 Å². The number of halogens is 3. The van der Waals surface area contributed by atoms with Crippen LogP contribution in [0.1, 0.15) is 0 Å². The number of hydrogen-bond donors (Lipinski definition) is 1. The van der Waals surface area contributed by atoms with Crippen LogP contribution in [0, 0.1) is 0 Å². The molecule has 0 saturated heterocycles. The van der Waals surface area contributed by atoms with E-state index in [-0.39, 0.29) is 0 Å². The molecule has 0 spiro atoms. The Morgan fingerprint density at radius 1 is 1.10 bits per heavy atom. The third-order valence-electron chi connectivity index (χ3n) is 2.89. The van der Waals surface area contributed by atoms with Crippen molar-refractivity contribution in [2.75, 3.05) is 5.73 Å². The topological polar surface area (TPSA) is 64.9 Å². The largest absolute Gasteiger partial charge is 0.397 e. The third kappa shape index (κ3) is 2.77. The molecule has 0 aliphatic rings. The average molecular weight is 385 g/mol. The Morgan fingerprint density at radius 3 is 2.67 bits per heavy atom. The van der Waals surface area contributed by atoms with E-state index in [4.69, 9.17) is 33.5 Å². The number of benzene rings is 2. The molecule has 0 bridgehead atoms. The van der Waals surface area contributed by atoms with Gasteiger partial charge in [-0.15, -0.1) is 0 Å². The van der Waals surface area contributed by atoms with Gasteiger partial charge in [0.25, 0.3) is 5.89 Å². The maximum absolute atomic E-state index is 5.99. The van der Waals surface area contributed by atoms with Gasteiger partial charge in [-0.05, 0) is 46.3 Å². The van der Waals surface area contributed by atoms with E-state index in [1.54, 1.807) is 24.3 Å². The van der Waals surface area contributed by atoms with Gasteiger partial charge in [0.2, 0.25) is 5.82 Å². The molecule has 4 nitrogen and oxygen atoms in total. The fourth-order valence-electron chi connectivity index (χ4n) is 1.81. The molecule has 1 aromatic heterocycles. The van der Waals surface area contributed by atoms with Gasteiger partial charge >= 0.3 is 0 Å². The van der Waals surface area contributed by atoms with E-state index in [9.17, 15) is 0 Å². The maximum atomic E-state index is 5.99. The van der Waals surface area contributed by atoms with E-state index in [2.05, 4.69) is 26.1 Å². The molecule has 106 valence electrons. The van der Waals surface area contributed by atoms with Gasteiger partial charge in [-0.25, -0.2) is 0 Å². The van der Waals surface area contributed by atoms with Crippen LogP contribution in [0.2, 0.25) is 10.0 Å². The second kappa shape index (κ2) is 5.67. The molecule has 0 amide bonds. The van der Waals surface area contributed by atoms with E-state index in [0.29, 0.717) is 33.0 Å². The van der Waals surface area contributed by atoms with Crippen LogP contribution in [-0.2, 0) is 0 Å². The summed E-state index contributed by atoms with van der Waals surface area (Å²) in [6.45, 7) is 0. The van der Waals surface area contributed by atoms with Crippen molar-refractivity contribution < 1.29 is 4.52 Å². The zero-order valence-corrected chi connectivity index (χ0v) is 13.6. The summed E-state index contributed by atoms with van der Waals surface area (Å²) in [7, 11) is 0. The summed E-state index contributed by atoms with van der Waals surface area (Å²) in [5, 5.41) is 5.01. The summed E-state index contributed by atoms with van der Waals surface area (Å²) < 4.78 is 6.02. The SMILES string of the molecule is Nc1c(Cl)cccc1-c1nc(-c2ccc(Cl)c(Br)c2)no1. The molecule has 3 aromatic rings. The number of para-hydroxylation sites is 1. The van der Waals surface area contributed by atoms with Gasteiger partial charge in [-0.2, -0.15) is 4.98 Å². The number of nitrogens with zero attached hydrogens (tertiary/aromatic N) is 2. The zero-order chi connectivity index (χ0) is 15.0. The summed E-state index contributed by atoms with van der Waals surface area (Å²) >= 11 is 15.3. The highest BCUT2D eigenvalue weighted by Gasteiger charge is 2.15. The summed E-state index contributed by atoms with van der Waals surface area (Å²) in [6.07, 6.45) is 0. The van der Waals surface area contributed by atoms with Crippen LogP contribution in [0.5, 0.6) is 0 Å². The van der Waals surface area contributed by atoms with E-state index in [1.165, 1.54) is 0 Å². The van der Waals surface area contributed by atoms with E-state index in [1.807, 2.05) is 12.1 Å². The van der Waals surface area contributed by atoms with Crippen LogP contribution in [0.15, 0.2) is 45.4 Å². The molecule has 0 saturated carbocycles. The Morgan fingerprint density at radius 2 is 1.90 bits per heavy atom. The molecule has 7 heteroatoms. The van der Waals surface area contributed by atoms with Crippen molar-refractivity contribution in [2.24, 2.45) is 0 Å². The smallest absolute Gasteiger partial charge is 0.260 e. The summed E-state index contributed by atoms with van der Waals surface area (Å²) in [4.78, 5) is 4.34. The summed E-state index contributed by atoms with van der Waals surface area (Å²) in [5.41, 5.74) is 7.72. The second-order valence-corrected chi connectivity index (χ2v) is 5.92. The van der Waals surface area contributed by atoms with E-state index >= 15 is 0 Å². The highest BCUT2D eigenvalue weighted by atomic mass is 79.9. The molecule has 0 radical (unpaired) electrons. The lowest BCUT2D eigenvalue weighted by Gasteiger charge is -2.01. The van der Waals surface area contributed by atoms with Gasteiger partial charge < -0.3 is 10.3 Å². The number of anilines is 1. The highest BCUT2D eigenvalue weighted by Crippen LogP contribution is 2.32. The Kier molecular flexibility index (Phi) is 3.89. The number of hydrogen-bond acceptors (Lipinski definition) is 4. The first kappa shape index (κ1) is 14.4. The van der Waals surface area contributed by atoms with Crippen LogP contribution in [0.4, 0.5) is 5.69 Å². The first-order valence-electron chi connectivity index (χ1n) is 5.90. The Hall–Kier alpha value is -1.56. The van der Waals surface area contributed by atoms with Crippen LogP contribution in [0.25, 0.3) is 22.8 Å². The molecule has 21 heavy (non-hydrogen) atoms. The minimum absolute atomic E-state index is 0.316. The van der Waals surface area contributed by atoms with Gasteiger partial charge in [0.1, 0.15) is 0 Å². The third-order valence-corrected chi connectivity index (χ3v) is 4.43. The summed E-state index contributed by atoms with van der Waals surface area (Å²) in [5.74, 6) is 0.762. The minimum Gasteiger partial charge on any atom is -0.397 e. The lowest BCUT2D eigenvalue weighted by atomic mass is 10.2. The van der Waals surface area contributed by atoms with Crippen molar-refractivity contribution in [3.05, 3.63) is 50.9 Å². The van der Waals surface area contributed by atoms with Gasteiger partial charge in [-0.3, -0.25) is 0 Å². The monoisotopic (exact) mass is 383 g/mol. The van der Waals surface area contributed by atoms with Crippen molar-refractivity contribution in [3.8, 4) is 22.8 Å². The normalized spacial score (nSPS) is 10.8. The molecule has 2 N–H and O–H groups in total. The second-order valence-electron chi connectivity index (χ2n) is 4.25. The molecule has 0 aliphatic carbocycles. The zero-order valence-electron chi connectivity index (χ0n) is 10.5. The molecule has 0 unspecified atom stereocenters. The molecular weight excluding hydrogens is 377 g/mol. The highest BCUT2D eigenvalue weighted by molar-refractivity contribution is 9.10. The lowest BCUT2D eigenvalue weighted by Crippen LogP contribution is -1.91. The predicted octanol–water partition coefficient (Wildman–Crippen LogP) is 5.06. The Balaban J connectivity index is 2.03. The number of nitrogens with two attached hydrogens (primary N) is 1. The maximum Gasteiger partial charge on any atom is 0.260 e. The number of nitrogen functional groups attached to an aromatic ring is 1. The van der Waals surface area contributed by atoms with Crippen LogP contribution in [0.3, 0.4) is 0 Å². The minimum atomic E-state index is 0.316. The Labute approximate surface area is 139 Å². The van der Waals surface area contributed by atoms with E-state index < -0.39 is 0 Å². The quantitative estimate of drug-likeness (QED) is 0.627. The van der Waals surface area contributed by atoms with Gasteiger partial charge in [0.15, 0.2) is 0 Å². The molecule has 3 rings (SSSR count). The van der Waals surface area contributed by atoms with E-state index in [0.717, 1.165) is 10.0 Å². The molecule has 0 aliphatic heterocycles. The number of aromatic nitrogens is 2.